The molecule has 0 aliphatic rings. The average Bonchev–Trinajstić information content (AvgIpc) is 2.61. The molecular weight excluding hydrogens is 212 g/mol. The zero-order valence-electron chi connectivity index (χ0n) is 9.02. The zero-order valence-corrected chi connectivity index (χ0v) is 9.02. The first-order valence-electron chi connectivity index (χ1n) is 5.29. The Kier molecular flexibility index (Phi) is 3.19. The molecule has 0 aliphatic heterocycles. The van der Waals surface area contributed by atoms with Crippen LogP contribution in [0.5, 0.6) is 0 Å². The number of furan rings is 1. The Morgan fingerprint density at radius 1 is 1.25 bits per heavy atom. The van der Waals surface area contributed by atoms with Gasteiger partial charge in [-0.3, -0.25) is 0 Å². The van der Waals surface area contributed by atoms with Crippen molar-refractivity contribution in [3.63, 3.8) is 0 Å². The van der Waals surface area contributed by atoms with Crippen LogP contribution >= 0.6 is 0 Å². The first kappa shape index (κ1) is 11.1. The largest absolute Gasteiger partial charge is 0.459 e. The van der Waals surface area contributed by atoms with Crippen LogP contribution in [0.25, 0.3) is 11.0 Å². The van der Waals surface area contributed by atoms with E-state index in [4.69, 9.17) is 4.42 Å². The smallest absolute Gasteiger partial charge is 0.140 e. The summed E-state index contributed by atoms with van der Waals surface area (Å²) < 4.78 is 31.6. The normalized spacial score (nSPS) is 11.2. The molecule has 0 amide bonds. The monoisotopic (exact) mass is 225 g/mol. The number of halogens is 2. The molecule has 0 unspecified atom stereocenters. The van der Waals surface area contributed by atoms with E-state index in [0.717, 1.165) is 19.0 Å². The van der Waals surface area contributed by atoms with Gasteiger partial charge >= 0.3 is 0 Å². The highest BCUT2D eigenvalue weighted by molar-refractivity contribution is 5.78. The van der Waals surface area contributed by atoms with Crippen molar-refractivity contribution in [3.05, 3.63) is 35.6 Å². The van der Waals surface area contributed by atoms with Gasteiger partial charge in [0.15, 0.2) is 0 Å². The molecule has 1 N–H and O–H groups in total. The van der Waals surface area contributed by atoms with Gasteiger partial charge in [-0.15, -0.1) is 0 Å². The van der Waals surface area contributed by atoms with Crippen LogP contribution in [0.3, 0.4) is 0 Å². The van der Waals surface area contributed by atoms with E-state index in [1.165, 1.54) is 6.07 Å². The van der Waals surface area contributed by atoms with Crippen molar-refractivity contribution in [3.8, 4) is 0 Å². The van der Waals surface area contributed by atoms with E-state index < -0.39 is 11.6 Å². The second kappa shape index (κ2) is 4.61. The molecule has 1 heterocycles. The highest BCUT2D eigenvalue weighted by Crippen LogP contribution is 2.23. The zero-order chi connectivity index (χ0) is 11.5. The third kappa shape index (κ3) is 2.22. The van der Waals surface area contributed by atoms with Crippen LogP contribution in [0.2, 0.25) is 0 Å². The molecule has 0 fully saturated rings. The lowest BCUT2D eigenvalue weighted by Crippen LogP contribution is -2.12. The highest BCUT2D eigenvalue weighted by atomic mass is 19.1. The van der Waals surface area contributed by atoms with Crippen molar-refractivity contribution in [2.24, 2.45) is 0 Å². The Morgan fingerprint density at radius 3 is 2.81 bits per heavy atom. The standard InChI is InChI=1S/C12H13F2NO/c1-2-3-15-7-9-6-10-11(14)4-8(13)5-12(10)16-9/h4-6,15H,2-3,7H2,1H3. The summed E-state index contributed by atoms with van der Waals surface area (Å²) in [5.74, 6) is -0.583. The summed E-state index contributed by atoms with van der Waals surface area (Å²) in [4.78, 5) is 0. The Bertz CT molecular complexity index is 493. The first-order valence-corrected chi connectivity index (χ1v) is 5.29. The van der Waals surface area contributed by atoms with Crippen molar-refractivity contribution in [2.45, 2.75) is 19.9 Å². The number of hydrogen-bond donors (Lipinski definition) is 1. The Balaban J connectivity index is 2.26. The summed E-state index contributed by atoms with van der Waals surface area (Å²) >= 11 is 0. The molecule has 0 radical (unpaired) electrons. The van der Waals surface area contributed by atoms with Gasteiger partial charge in [0.1, 0.15) is 23.0 Å². The first-order chi connectivity index (χ1) is 7.70. The minimum Gasteiger partial charge on any atom is -0.459 e. The molecule has 0 aliphatic carbocycles. The van der Waals surface area contributed by atoms with E-state index in [0.29, 0.717) is 17.7 Å². The fourth-order valence-electron chi connectivity index (χ4n) is 1.59. The quantitative estimate of drug-likeness (QED) is 0.808. The Morgan fingerprint density at radius 2 is 2.06 bits per heavy atom. The SMILES string of the molecule is CCCNCc1cc2c(F)cc(F)cc2o1. The summed E-state index contributed by atoms with van der Waals surface area (Å²) in [5, 5.41) is 3.46. The predicted octanol–water partition coefficient (Wildman–Crippen LogP) is 3.21. The Labute approximate surface area is 92.2 Å². The van der Waals surface area contributed by atoms with E-state index >= 15 is 0 Å². The lowest BCUT2D eigenvalue weighted by Gasteiger charge is -1.97. The molecule has 0 saturated heterocycles. The second-order valence-corrected chi connectivity index (χ2v) is 3.69. The maximum absolute atomic E-state index is 13.3. The number of hydrogen-bond acceptors (Lipinski definition) is 2. The fraction of sp³-hybridized carbons (Fsp3) is 0.333. The van der Waals surface area contributed by atoms with E-state index in [1.54, 1.807) is 6.07 Å². The van der Waals surface area contributed by atoms with Crippen molar-refractivity contribution in [2.75, 3.05) is 6.54 Å². The topological polar surface area (TPSA) is 25.2 Å². The summed E-state index contributed by atoms with van der Waals surface area (Å²) in [7, 11) is 0. The molecule has 2 rings (SSSR count). The van der Waals surface area contributed by atoms with Gasteiger partial charge in [0.2, 0.25) is 0 Å². The lowest BCUT2D eigenvalue weighted by molar-refractivity contribution is 0.510. The van der Waals surface area contributed by atoms with E-state index in [1.807, 2.05) is 0 Å². The number of nitrogens with one attached hydrogen (secondary N) is 1. The second-order valence-electron chi connectivity index (χ2n) is 3.69. The maximum Gasteiger partial charge on any atom is 0.140 e. The molecule has 0 saturated carbocycles. The minimum atomic E-state index is -0.618. The molecule has 2 nitrogen and oxygen atoms in total. The number of rotatable bonds is 4. The molecule has 4 heteroatoms. The number of fused-ring (bicyclic) bond motifs is 1. The van der Waals surface area contributed by atoms with Crippen LogP contribution in [0.1, 0.15) is 19.1 Å². The number of benzene rings is 1. The predicted molar refractivity (Wildman–Crippen MR) is 58.1 cm³/mol. The van der Waals surface area contributed by atoms with Crippen molar-refractivity contribution >= 4 is 11.0 Å². The lowest BCUT2D eigenvalue weighted by atomic mass is 10.2. The Hall–Kier alpha value is -1.42. The van der Waals surface area contributed by atoms with Crippen LogP contribution in [-0.2, 0) is 6.54 Å². The summed E-state index contributed by atoms with van der Waals surface area (Å²) in [6, 6.07) is 3.66. The van der Waals surface area contributed by atoms with Gasteiger partial charge in [-0.25, -0.2) is 8.78 Å². The summed E-state index contributed by atoms with van der Waals surface area (Å²) in [6.45, 7) is 3.46. The van der Waals surface area contributed by atoms with Crippen LogP contribution in [0.4, 0.5) is 8.78 Å². The van der Waals surface area contributed by atoms with Crippen LogP contribution < -0.4 is 5.32 Å². The molecule has 0 bridgehead atoms. The summed E-state index contributed by atoms with van der Waals surface area (Å²) in [5.41, 5.74) is 0.255. The molecule has 2 aromatic rings. The fourth-order valence-corrected chi connectivity index (χ4v) is 1.59. The molecule has 1 aromatic heterocycles. The van der Waals surface area contributed by atoms with E-state index in [-0.39, 0.29) is 5.58 Å². The van der Waals surface area contributed by atoms with E-state index in [2.05, 4.69) is 12.2 Å². The van der Waals surface area contributed by atoms with E-state index in [9.17, 15) is 8.78 Å². The van der Waals surface area contributed by atoms with Gasteiger partial charge in [0.25, 0.3) is 0 Å². The van der Waals surface area contributed by atoms with Crippen LogP contribution in [-0.4, -0.2) is 6.54 Å². The molecule has 0 atom stereocenters. The minimum absolute atomic E-state index is 0.255. The van der Waals surface area contributed by atoms with Crippen molar-refractivity contribution in [1.29, 1.82) is 0 Å². The van der Waals surface area contributed by atoms with Gasteiger partial charge in [0, 0.05) is 12.1 Å². The van der Waals surface area contributed by atoms with Gasteiger partial charge in [-0.1, -0.05) is 6.92 Å². The van der Waals surface area contributed by atoms with Crippen molar-refractivity contribution in [1.82, 2.24) is 5.32 Å². The molecule has 16 heavy (non-hydrogen) atoms. The van der Waals surface area contributed by atoms with Crippen LogP contribution in [0.15, 0.2) is 22.6 Å². The van der Waals surface area contributed by atoms with Crippen molar-refractivity contribution < 1.29 is 13.2 Å². The van der Waals surface area contributed by atoms with Crippen LogP contribution in [0, 0.1) is 11.6 Å². The third-order valence-electron chi connectivity index (χ3n) is 2.33. The third-order valence-corrected chi connectivity index (χ3v) is 2.33. The van der Waals surface area contributed by atoms with Gasteiger partial charge < -0.3 is 9.73 Å². The van der Waals surface area contributed by atoms with Gasteiger partial charge in [-0.2, -0.15) is 0 Å². The average molecular weight is 225 g/mol. The molecule has 86 valence electrons. The summed E-state index contributed by atoms with van der Waals surface area (Å²) in [6.07, 6.45) is 1.02. The van der Waals surface area contributed by atoms with Gasteiger partial charge in [-0.05, 0) is 19.0 Å². The maximum atomic E-state index is 13.3. The molecule has 1 aromatic carbocycles. The highest BCUT2D eigenvalue weighted by Gasteiger charge is 2.09. The molecular formula is C12H13F2NO. The molecule has 0 spiro atoms. The van der Waals surface area contributed by atoms with Gasteiger partial charge in [0.05, 0.1) is 11.9 Å².